The number of nitrogens with one attached hydrogen (secondary N) is 3. The third-order valence-electron chi connectivity index (χ3n) is 6.55. The van der Waals surface area contributed by atoms with Crippen LogP contribution in [0.1, 0.15) is 47.8 Å². The van der Waals surface area contributed by atoms with Crippen LogP contribution in [0.15, 0.2) is 72.8 Å². The van der Waals surface area contributed by atoms with E-state index in [0.717, 1.165) is 10.8 Å². The number of H-pyrrole nitrogens is 1. The van der Waals surface area contributed by atoms with Gasteiger partial charge in [0.25, 0.3) is 0 Å². The molecule has 202 valence electrons. The van der Waals surface area contributed by atoms with Crippen molar-refractivity contribution in [2.24, 2.45) is 5.92 Å². The Labute approximate surface area is 225 Å². The highest BCUT2D eigenvalue weighted by molar-refractivity contribution is 6.05. The number of carbonyl (C=O) groups excluding carboxylic acids is 3. The van der Waals surface area contributed by atoms with E-state index < -0.39 is 35.7 Å². The van der Waals surface area contributed by atoms with Gasteiger partial charge in [0.15, 0.2) is 11.7 Å². The van der Waals surface area contributed by atoms with Crippen LogP contribution in [0.2, 0.25) is 0 Å². The maximum atomic E-state index is 13.2. The zero-order chi connectivity index (χ0) is 28.1. The second-order valence-corrected chi connectivity index (χ2v) is 9.65. The van der Waals surface area contributed by atoms with E-state index in [1.54, 1.807) is 50.2 Å². The van der Waals surface area contributed by atoms with E-state index in [4.69, 9.17) is 4.74 Å². The molecule has 4 aromatic rings. The minimum Gasteiger partial charge on any atom is -0.494 e. The number of hydrogen-bond acceptors (Lipinski definition) is 6. The predicted molar refractivity (Wildman–Crippen MR) is 147 cm³/mol. The number of aromatic hydroxyl groups is 2. The molecule has 0 aliphatic heterocycles. The van der Waals surface area contributed by atoms with Gasteiger partial charge in [0.05, 0.1) is 24.1 Å². The molecule has 2 atom stereocenters. The maximum absolute atomic E-state index is 13.2. The summed E-state index contributed by atoms with van der Waals surface area (Å²) in [6.45, 7) is 5.02. The highest BCUT2D eigenvalue weighted by Gasteiger charge is 2.31. The van der Waals surface area contributed by atoms with Crippen molar-refractivity contribution in [1.82, 2.24) is 15.6 Å². The number of benzene rings is 3. The van der Waals surface area contributed by atoms with Crippen molar-refractivity contribution in [3.8, 4) is 17.5 Å². The van der Waals surface area contributed by atoms with Crippen LogP contribution in [-0.2, 0) is 4.79 Å². The second kappa shape index (κ2) is 11.7. The quantitative estimate of drug-likeness (QED) is 0.190. The fourth-order valence-corrected chi connectivity index (χ4v) is 4.47. The monoisotopic (exact) mass is 529 g/mol. The lowest BCUT2D eigenvalue weighted by Crippen LogP contribution is -2.46. The minimum absolute atomic E-state index is 0.0806. The molecule has 0 aliphatic rings. The van der Waals surface area contributed by atoms with Crippen LogP contribution < -0.4 is 15.4 Å². The molecule has 0 bridgehead atoms. The molecular weight excluding hydrogens is 498 g/mol. The van der Waals surface area contributed by atoms with E-state index >= 15 is 0 Å². The van der Waals surface area contributed by atoms with E-state index in [0.29, 0.717) is 11.3 Å². The zero-order valence-corrected chi connectivity index (χ0v) is 21.9. The van der Waals surface area contributed by atoms with Crippen molar-refractivity contribution in [1.29, 1.82) is 0 Å². The molecule has 0 fully saturated rings. The van der Waals surface area contributed by atoms with E-state index in [2.05, 4.69) is 15.6 Å². The molecule has 1 aromatic heterocycles. The first-order valence-corrected chi connectivity index (χ1v) is 12.6. The van der Waals surface area contributed by atoms with Crippen LogP contribution in [0.5, 0.6) is 17.5 Å². The first-order chi connectivity index (χ1) is 18.7. The summed E-state index contributed by atoms with van der Waals surface area (Å²) < 4.78 is 5.61. The number of ether oxygens (including phenoxy) is 1. The molecule has 2 amide bonds. The number of rotatable bonds is 9. The third-order valence-corrected chi connectivity index (χ3v) is 6.55. The van der Waals surface area contributed by atoms with E-state index in [1.807, 2.05) is 36.4 Å². The largest absolute Gasteiger partial charge is 0.494 e. The summed E-state index contributed by atoms with van der Waals surface area (Å²) in [5, 5.41) is 27.2. The number of hydrogen-bond donors (Lipinski definition) is 5. The summed E-state index contributed by atoms with van der Waals surface area (Å²) in [6.07, 6.45) is -0.901. The summed E-state index contributed by atoms with van der Waals surface area (Å²) >= 11 is 0. The Morgan fingerprint density at radius 2 is 1.54 bits per heavy atom. The van der Waals surface area contributed by atoms with Crippen molar-refractivity contribution in [3.63, 3.8) is 0 Å². The molecule has 9 nitrogen and oxygen atoms in total. The molecule has 9 heteroatoms. The SMILES string of the molecule is Cc1c(O)[nH]c(O)c1C(=O)[C@@H](NC(=O)CC(NC(=O)Oc1cccc2ccccc12)c1ccccc1)C(C)C. The number of Topliss-reactive ketones (excluding diaryl/α,β-unsaturated/α-hetero) is 1. The molecule has 0 saturated carbocycles. The molecule has 0 saturated heterocycles. The lowest BCUT2D eigenvalue weighted by molar-refractivity contribution is -0.122. The Hall–Kier alpha value is -4.79. The summed E-state index contributed by atoms with van der Waals surface area (Å²) in [5.41, 5.74) is 0.791. The van der Waals surface area contributed by atoms with Gasteiger partial charge in [0.2, 0.25) is 11.8 Å². The standard InChI is InChI=1S/C30H31N3O6/c1-17(2)26(27(35)25-18(3)28(36)33-29(25)37)32-24(34)16-22(20-11-5-4-6-12-20)31-30(38)39-23-15-9-13-19-10-7-8-14-21(19)23/h4-15,17,22,26,33,36-37H,16H2,1-3H3,(H,31,38)(H,32,34)/t22?,26-/m0/s1. The third kappa shape index (κ3) is 6.20. The Balaban J connectivity index is 1.51. The Kier molecular flexibility index (Phi) is 8.19. The van der Waals surface area contributed by atoms with E-state index in [9.17, 15) is 24.6 Å². The molecule has 39 heavy (non-hydrogen) atoms. The molecular formula is C30H31N3O6. The number of aromatic nitrogens is 1. The van der Waals surface area contributed by atoms with Crippen LogP contribution in [0.3, 0.4) is 0 Å². The molecule has 3 aromatic carbocycles. The lowest BCUT2D eigenvalue weighted by atomic mass is 9.93. The number of amides is 2. The summed E-state index contributed by atoms with van der Waals surface area (Å²) in [5.74, 6) is -1.74. The number of fused-ring (bicyclic) bond motifs is 1. The topological polar surface area (TPSA) is 141 Å². The first kappa shape index (κ1) is 27.3. The van der Waals surface area contributed by atoms with Crippen LogP contribution >= 0.6 is 0 Å². The van der Waals surface area contributed by atoms with Gasteiger partial charge in [-0.2, -0.15) is 0 Å². The van der Waals surface area contributed by atoms with Gasteiger partial charge in [-0.1, -0.05) is 80.6 Å². The van der Waals surface area contributed by atoms with Crippen molar-refractivity contribution in [2.45, 2.75) is 39.3 Å². The average molecular weight is 530 g/mol. The Bertz CT molecular complexity index is 1490. The van der Waals surface area contributed by atoms with Gasteiger partial charge in [-0.3, -0.25) is 14.6 Å². The van der Waals surface area contributed by atoms with Gasteiger partial charge < -0.3 is 25.6 Å². The lowest BCUT2D eigenvalue weighted by Gasteiger charge is -2.24. The van der Waals surface area contributed by atoms with E-state index in [-0.39, 0.29) is 29.3 Å². The smallest absolute Gasteiger partial charge is 0.413 e. The fourth-order valence-electron chi connectivity index (χ4n) is 4.47. The minimum atomic E-state index is -0.976. The molecule has 1 unspecified atom stereocenters. The first-order valence-electron chi connectivity index (χ1n) is 12.6. The summed E-state index contributed by atoms with van der Waals surface area (Å²) in [4.78, 5) is 41.7. The highest BCUT2D eigenvalue weighted by Crippen LogP contribution is 2.30. The highest BCUT2D eigenvalue weighted by atomic mass is 16.6. The predicted octanol–water partition coefficient (Wildman–Crippen LogP) is 5.13. The average Bonchev–Trinajstić information content (AvgIpc) is 3.17. The molecule has 0 aliphatic carbocycles. The van der Waals surface area contributed by atoms with Crippen LogP contribution in [0, 0.1) is 12.8 Å². The fraction of sp³-hybridized carbons (Fsp3) is 0.233. The summed E-state index contributed by atoms with van der Waals surface area (Å²) in [6, 6.07) is 20.2. The van der Waals surface area contributed by atoms with Crippen molar-refractivity contribution in [2.75, 3.05) is 0 Å². The van der Waals surface area contributed by atoms with E-state index in [1.165, 1.54) is 6.92 Å². The normalized spacial score (nSPS) is 12.6. The van der Waals surface area contributed by atoms with Gasteiger partial charge in [-0.05, 0) is 29.9 Å². The zero-order valence-electron chi connectivity index (χ0n) is 21.9. The van der Waals surface area contributed by atoms with Crippen LogP contribution in [-0.4, -0.2) is 39.0 Å². The Morgan fingerprint density at radius 3 is 2.21 bits per heavy atom. The van der Waals surface area contributed by atoms with Gasteiger partial charge >= 0.3 is 6.09 Å². The number of ketones is 1. The number of carbonyl (C=O) groups is 3. The molecule has 5 N–H and O–H groups in total. The molecule has 0 spiro atoms. The molecule has 1 heterocycles. The van der Waals surface area contributed by atoms with Crippen molar-refractivity contribution >= 4 is 28.6 Å². The Morgan fingerprint density at radius 1 is 0.872 bits per heavy atom. The van der Waals surface area contributed by atoms with Gasteiger partial charge in [0.1, 0.15) is 5.75 Å². The molecule has 0 radical (unpaired) electrons. The number of aromatic amines is 1. The van der Waals surface area contributed by atoms with Crippen molar-refractivity contribution in [3.05, 3.63) is 89.5 Å². The van der Waals surface area contributed by atoms with Gasteiger partial charge in [-0.15, -0.1) is 0 Å². The van der Waals surface area contributed by atoms with Crippen LogP contribution in [0.4, 0.5) is 4.79 Å². The van der Waals surface area contributed by atoms with Gasteiger partial charge in [0, 0.05) is 10.9 Å². The van der Waals surface area contributed by atoms with Crippen LogP contribution in [0.25, 0.3) is 10.8 Å². The maximum Gasteiger partial charge on any atom is 0.413 e. The molecule has 4 rings (SSSR count). The van der Waals surface area contributed by atoms with Crippen molar-refractivity contribution < 1.29 is 29.3 Å². The second-order valence-electron chi connectivity index (χ2n) is 9.65. The van der Waals surface area contributed by atoms with Gasteiger partial charge in [-0.25, -0.2) is 4.79 Å². The summed E-state index contributed by atoms with van der Waals surface area (Å²) in [7, 11) is 0.